The molecule has 0 fully saturated rings. The van der Waals surface area contributed by atoms with Crippen LogP contribution < -0.4 is 10.9 Å². The molecule has 4 rings (SSSR count). The number of hydrogen-bond donors (Lipinski definition) is 2. The predicted octanol–water partition coefficient (Wildman–Crippen LogP) is 4.26. The summed E-state index contributed by atoms with van der Waals surface area (Å²) in [6.07, 6.45) is 0. The molecule has 8 heteroatoms. The number of nitro groups is 1. The number of benzene rings is 3. The number of aromatic amines is 1. The maximum atomic E-state index is 13.2. The quantitative estimate of drug-likeness (QED) is 0.375. The summed E-state index contributed by atoms with van der Waals surface area (Å²) >= 11 is 0. The highest BCUT2D eigenvalue weighted by atomic mass is 16.6. The molecule has 3 aromatic carbocycles. The third kappa shape index (κ3) is 4.08. The van der Waals surface area contributed by atoms with Gasteiger partial charge in [0.25, 0.3) is 17.2 Å². The van der Waals surface area contributed by atoms with Crippen LogP contribution in [-0.4, -0.2) is 21.0 Å². The maximum Gasteiger partial charge on any atom is 0.277 e. The van der Waals surface area contributed by atoms with Gasteiger partial charge in [-0.1, -0.05) is 66.7 Å². The summed E-state index contributed by atoms with van der Waals surface area (Å²) < 4.78 is 0. The predicted molar refractivity (Wildman–Crippen MR) is 117 cm³/mol. The zero-order valence-corrected chi connectivity index (χ0v) is 16.1. The fourth-order valence-corrected chi connectivity index (χ4v) is 3.25. The van der Waals surface area contributed by atoms with Crippen molar-refractivity contribution in [1.82, 2.24) is 10.2 Å². The molecule has 152 valence electrons. The molecule has 0 saturated carbocycles. The second-order valence-corrected chi connectivity index (χ2v) is 6.64. The molecule has 31 heavy (non-hydrogen) atoms. The number of nitrogens with one attached hydrogen (secondary N) is 2. The lowest BCUT2D eigenvalue weighted by atomic mass is 9.95. The number of aromatic nitrogens is 2. The Kier molecular flexibility index (Phi) is 5.35. The number of anilines is 1. The largest absolute Gasteiger partial charge is 0.322 e. The molecule has 0 radical (unpaired) electrons. The van der Waals surface area contributed by atoms with Gasteiger partial charge in [0.15, 0.2) is 0 Å². The number of nitrogens with zero attached hydrogens (tertiary/aromatic N) is 2. The highest BCUT2D eigenvalue weighted by Gasteiger charge is 2.23. The summed E-state index contributed by atoms with van der Waals surface area (Å²) in [5, 5.41) is 20.2. The van der Waals surface area contributed by atoms with Crippen LogP contribution in [0.1, 0.15) is 10.4 Å². The first-order chi connectivity index (χ1) is 15.0. The molecule has 0 spiro atoms. The van der Waals surface area contributed by atoms with Gasteiger partial charge in [-0.05, 0) is 11.6 Å². The smallest absolute Gasteiger partial charge is 0.277 e. The van der Waals surface area contributed by atoms with E-state index in [4.69, 9.17) is 0 Å². The molecular formula is C23H16N4O4. The topological polar surface area (TPSA) is 118 Å². The van der Waals surface area contributed by atoms with E-state index in [1.807, 2.05) is 36.4 Å². The van der Waals surface area contributed by atoms with Crippen molar-refractivity contribution in [3.8, 4) is 22.4 Å². The van der Waals surface area contributed by atoms with E-state index < -0.39 is 16.4 Å². The Morgan fingerprint density at radius 2 is 1.55 bits per heavy atom. The lowest BCUT2D eigenvalue weighted by Crippen LogP contribution is -2.26. The Labute approximate surface area is 176 Å². The fraction of sp³-hybridized carbons (Fsp3) is 0. The minimum atomic E-state index is -0.694. The summed E-state index contributed by atoms with van der Waals surface area (Å²) in [7, 11) is 0. The van der Waals surface area contributed by atoms with Crippen molar-refractivity contribution in [2.45, 2.75) is 0 Å². The third-order valence-corrected chi connectivity index (χ3v) is 4.63. The van der Waals surface area contributed by atoms with Gasteiger partial charge in [-0.2, -0.15) is 5.10 Å². The zero-order chi connectivity index (χ0) is 21.8. The number of hydrogen-bond acceptors (Lipinski definition) is 5. The fourth-order valence-electron chi connectivity index (χ4n) is 3.25. The van der Waals surface area contributed by atoms with Gasteiger partial charge in [0.1, 0.15) is 5.56 Å². The van der Waals surface area contributed by atoms with Crippen LogP contribution in [0.25, 0.3) is 22.4 Å². The molecule has 0 aliphatic rings. The number of rotatable bonds is 5. The van der Waals surface area contributed by atoms with Crippen LogP contribution in [0.15, 0.2) is 89.7 Å². The van der Waals surface area contributed by atoms with E-state index in [9.17, 15) is 19.7 Å². The van der Waals surface area contributed by atoms with E-state index in [0.29, 0.717) is 16.8 Å². The van der Waals surface area contributed by atoms with Crippen LogP contribution in [0.3, 0.4) is 0 Å². The number of carbonyl (C=O) groups is 1. The Hall–Kier alpha value is -4.59. The second kappa shape index (κ2) is 8.42. The molecule has 2 N–H and O–H groups in total. The van der Waals surface area contributed by atoms with E-state index >= 15 is 0 Å². The van der Waals surface area contributed by atoms with Crippen molar-refractivity contribution in [2.75, 3.05) is 5.32 Å². The van der Waals surface area contributed by atoms with Gasteiger partial charge >= 0.3 is 0 Å². The molecule has 1 amide bonds. The van der Waals surface area contributed by atoms with Crippen molar-refractivity contribution in [3.05, 3.63) is 111 Å². The Bertz CT molecular complexity index is 1320. The van der Waals surface area contributed by atoms with E-state index in [1.54, 1.807) is 24.3 Å². The molecular weight excluding hydrogens is 396 g/mol. The highest BCUT2D eigenvalue weighted by molar-refractivity contribution is 6.10. The molecule has 0 saturated heterocycles. The summed E-state index contributed by atoms with van der Waals surface area (Å²) in [4.78, 5) is 36.4. The third-order valence-electron chi connectivity index (χ3n) is 4.63. The van der Waals surface area contributed by atoms with Crippen LogP contribution in [0.2, 0.25) is 0 Å². The first kappa shape index (κ1) is 19.7. The molecule has 1 aromatic heterocycles. The standard InChI is InChI=1S/C23H16N4O4/c28-22(24-17-12-7-13-18(14-17)27(30)31)20-19(15-8-3-1-4-9-15)21(25-26-23(20)29)16-10-5-2-6-11-16/h1-14H,(H,24,28)(H,26,29). The number of nitro benzene ring substituents is 1. The first-order valence-electron chi connectivity index (χ1n) is 9.34. The lowest BCUT2D eigenvalue weighted by molar-refractivity contribution is -0.384. The molecule has 0 aliphatic heterocycles. The van der Waals surface area contributed by atoms with Gasteiger partial charge in [0.2, 0.25) is 0 Å². The van der Waals surface area contributed by atoms with Gasteiger partial charge in [0.05, 0.1) is 10.6 Å². The van der Waals surface area contributed by atoms with E-state index in [-0.39, 0.29) is 16.9 Å². The van der Waals surface area contributed by atoms with Gasteiger partial charge in [-0.3, -0.25) is 19.7 Å². The van der Waals surface area contributed by atoms with E-state index in [0.717, 1.165) is 5.56 Å². The average molecular weight is 412 g/mol. The lowest BCUT2D eigenvalue weighted by Gasteiger charge is -2.14. The van der Waals surface area contributed by atoms with Crippen LogP contribution in [0.4, 0.5) is 11.4 Å². The number of non-ortho nitro benzene ring substituents is 1. The van der Waals surface area contributed by atoms with E-state index in [2.05, 4.69) is 15.5 Å². The summed E-state index contributed by atoms with van der Waals surface area (Å²) in [6.45, 7) is 0. The van der Waals surface area contributed by atoms with Crippen LogP contribution in [0, 0.1) is 10.1 Å². The van der Waals surface area contributed by atoms with Crippen molar-refractivity contribution in [1.29, 1.82) is 0 Å². The van der Waals surface area contributed by atoms with Crippen LogP contribution in [0.5, 0.6) is 0 Å². The van der Waals surface area contributed by atoms with Crippen molar-refractivity contribution in [3.63, 3.8) is 0 Å². The van der Waals surface area contributed by atoms with Gasteiger partial charge < -0.3 is 5.32 Å². The van der Waals surface area contributed by atoms with Crippen LogP contribution in [-0.2, 0) is 0 Å². The molecule has 0 aliphatic carbocycles. The zero-order valence-electron chi connectivity index (χ0n) is 16.1. The summed E-state index contributed by atoms with van der Waals surface area (Å²) in [5.74, 6) is -0.694. The van der Waals surface area contributed by atoms with Crippen molar-refractivity contribution in [2.24, 2.45) is 0 Å². The molecule has 4 aromatic rings. The van der Waals surface area contributed by atoms with E-state index in [1.165, 1.54) is 24.3 Å². The average Bonchev–Trinajstić information content (AvgIpc) is 2.80. The Morgan fingerprint density at radius 1 is 0.903 bits per heavy atom. The SMILES string of the molecule is O=C(Nc1cccc([N+](=O)[O-])c1)c1c(-c2ccccc2)c(-c2ccccc2)n[nH]c1=O. The van der Waals surface area contributed by atoms with Crippen molar-refractivity contribution < 1.29 is 9.72 Å². The maximum absolute atomic E-state index is 13.2. The second-order valence-electron chi connectivity index (χ2n) is 6.64. The minimum absolute atomic E-state index is 0.133. The number of carbonyl (C=O) groups excluding carboxylic acids is 1. The van der Waals surface area contributed by atoms with Crippen molar-refractivity contribution >= 4 is 17.3 Å². The van der Waals surface area contributed by atoms with Gasteiger partial charge in [0, 0.05) is 28.9 Å². The minimum Gasteiger partial charge on any atom is -0.322 e. The summed E-state index contributed by atoms with van der Waals surface area (Å²) in [6, 6.07) is 23.7. The monoisotopic (exact) mass is 412 g/mol. The molecule has 8 nitrogen and oxygen atoms in total. The Morgan fingerprint density at radius 3 is 2.19 bits per heavy atom. The van der Waals surface area contributed by atoms with Crippen LogP contribution >= 0.6 is 0 Å². The molecule has 0 atom stereocenters. The molecule has 0 unspecified atom stereocenters. The van der Waals surface area contributed by atoms with Gasteiger partial charge in [-0.25, -0.2) is 5.10 Å². The normalized spacial score (nSPS) is 10.5. The molecule has 0 bridgehead atoms. The highest BCUT2D eigenvalue weighted by Crippen LogP contribution is 2.32. The number of amides is 1. The summed E-state index contributed by atoms with van der Waals surface area (Å²) in [5.41, 5.74) is 1.42. The first-order valence-corrected chi connectivity index (χ1v) is 9.34. The Balaban J connectivity index is 1.87. The number of H-pyrrole nitrogens is 1. The molecule has 1 heterocycles. The van der Waals surface area contributed by atoms with Gasteiger partial charge in [-0.15, -0.1) is 0 Å².